The number of hydrogen-bond donors (Lipinski definition) is 0. The van der Waals surface area contributed by atoms with Gasteiger partial charge in [-0.1, -0.05) is 27.5 Å². The van der Waals surface area contributed by atoms with Crippen molar-refractivity contribution in [2.45, 2.75) is 0 Å². The van der Waals surface area contributed by atoms with Crippen LogP contribution in [-0.4, -0.2) is 56.7 Å². The summed E-state index contributed by atoms with van der Waals surface area (Å²) >= 11 is 9.30. The van der Waals surface area contributed by atoms with Gasteiger partial charge in [-0.25, -0.2) is 4.79 Å². The smallest absolute Gasteiger partial charge is 0.340 e. The van der Waals surface area contributed by atoms with Gasteiger partial charge in [-0.2, -0.15) is 0 Å². The molecule has 0 unspecified atom stereocenters. The molecule has 1 fully saturated rings. The standard InChI is InChI=1S/C20H20BrClN2O4/c1-27-16-5-3-15(4-6-16)23-8-10-24(11-9-23)19(25)13-28-20(26)17-12-14(21)2-7-18(17)22/h2-7,12H,8-11,13H2,1H3. The predicted molar refractivity (Wildman–Crippen MR) is 111 cm³/mol. The Kier molecular flexibility index (Phi) is 6.80. The van der Waals surface area contributed by atoms with Crippen molar-refractivity contribution in [3.05, 3.63) is 57.5 Å². The fourth-order valence-corrected chi connectivity index (χ4v) is 3.51. The van der Waals surface area contributed by atoms with Crippen molar-refractivity contribution >= 4 is 45.1 Å². The Morgan fingerprint density at radius 1 is 1.07 bits per heavy atom. The molecule has 0 radical (unpaired) electrons. The minimum absolute atomic E-state index is 0.214. The summed E-state index contributed by atoms with van der Waals surface area (Å²) in [7, 11) is 1.64. The highest BCUT2D eigenvalue weighted by molar-refractivity contribution is 9.10. The number of rotatable bonds is 5. The van der Waals surface area contributed by atoms with Crippen molar-refractivity contribution in [1.82, 2.24) is 4.90 Å². The number of ether oxygens (including phenoxy) is 2. The highest BCUT2D eigenvalue weighted by Crippen LogP contribution is 2.22. The first-order chi connectivity index (χ1) is 13.5. The first kappa shape index (κ1) is 20.5. The van der Waals surface area contributed by atoms with Crippen LogP contribution in [0.15, 0.2) is 46.9 Å². The maximum absolute atomic E-state index is 12.4. The fourth-order valence-electron chi connectivity index (χ4n) is 2.96. The van der Waals surface area contributed by atoms with Crippen LogP contribution in [0.25, 0.3) is 0 Å². The Morgan fingerprint density at radius 3 is 2.39 bits per heavy atom. The number of carbonyl (C=O) groups is 2. The second kappa shape index (κ2) is 9.30. The molecule has 3 rings (SSSR count). The van der Waals surface area contributed by atoms with Gasteiger partial charge in [0, 0.05) is 36.3 Å². The summed E-state index contributed by atoms with van der Waals surface area (Å²) in [6, 6.07) is 12.7. The van der Waals surface area contributed by atoms with E-state index in [2.05, 4.69) is 20.8 Å². The van der Waals surface area contributed by atoms with Crippen molar-refractivity contribution in [2.24, 2.45) is 0 Å². The van der Waals surface area contributed by atoms with Gasteiger partial charge in [-0.05, 0) is 42.5 Å². The Balaban J connectivity index is 1.49. The first-order valence-corrected chi connectivity index (χ1v) is 9.94. The van der Waals surface area contributed by atoms with E-state index in [1.807, 2.05) is 24.3 Å². The zero-order valence-electron chi connectivity index (χ0n) is 15.4. The predicted octanol–water partition coefficient (Wildman–Crippen LogP) is 3.62. The molecular formula is C20H20BrClN2O4. The normalized spacial score (nSPS) is 14.0. The third-order valence-corrected chi connectivity index (χ3v) is 5.37. The van der Waals surface area contributed by atoms with Gasteiger partial charge in [0.2, 0.25) is 0 Å². The number of amides is 1. The lowest BCUT2D eigenvalue weighted by Gasteiger charge is -2.36. The van der Waals surface area contributed by atoms with Gasteiger partial charge >= 0.3 is 5.97 Å². The molecule has 1 amide bonds. The number of halogens is 2. The molecule has 0 bridgehead atoms. The largest absolute Gasteiger partial charge is 0.497 e. The lowest BCUT2D eigenvalue weighted by Crippen LogP contribution is -2.49. The highest BCUT2D eigenvalue weighted by atomic mass is 79.9. The van der Waals surface area contributed by atoms with E-state index >= 15 is 0 Å². The topological polar surface area (TPSA) is 59.1 Å². The maximum atomic E-state index is 12.4. The third-order valence-electron chi connectivity index (χ3n) is 4.55. The summed E-state index contributed by atoms with van der Waals surface area (Å²) in [5, 5.41) is 0.286. The van der Waals surface area contributed by atoms with E-state index in [1.165, 1.54) is 0 Å². The van der Waals surface area contributed by atoms with Crippen LogP contribution >= 0.6 is 27.5 Å². The van der Waals surface area contributed by atoms with Crippen LogP contribution in [0.5, 0.6) is 5.75 Å². The van der Waals surface area contributed by atoms with Gasteiger partial charge < -0.3 is 19.3 Å². The Bertz CT molecular complexity index is 852. The molecule has 1 heterocycles. The quantitative estimate of drug-likeness (QED) is 0.629. The van der Waals surface area contributed by atoms with Gasteiger partial charge in [0.15, 0.2) is 6.61 Å². The van der Waals surface area contributed by atoms with E-state index in [1.54, 1.807) is 30.2 Å². The number of hydrogen-bond acceptors (Lipinski definition) is 5. The Hall–Kier alpha value is -2.25. The van der Waals surface area contributed by atoms with Crippen molar-refractivity contribution in [3.63, 3.8) is 0 Å². The number of nitrogens with zero attached hydrogens (tertiary/aromatic N) is 2. The van der Waals surface area contributed by atoms with Crippen molar-refractivity contribution in [3.8, 4) is 5.75 Å². The lowest BCUT2D eigenvalue weighted by atomic mass is 10.2. The second-order valence-corrected chi connectivity index (χ2v) is 7.59. The van der Waals surface area contributed by atoms with Gasteiger partial charge in [-0.15, -0.1) is 0 Å². The molecular weight excluding hydrogens is 448 g/mol. The van der Waals surface area contributed by atoms with Crippen LogP contribution in [0.1, 0.15) is 10.4 Å². The summed E-state index contributed by atoms with van der Waals surface area (Å²) in [6.45, 7) is 2.26. The number of anilines is 1. The van der Waals surface area contributed by atoms with Crippen molar-refractivity contribution in [1.29, 1.82) is 0 Å². The monoisotopic (exact) mass is 466 g/mol. The molecule has 0 spiro atoms. The number of esters is 1. The number of carbonyl (C=O) groups excluding carboxylic acids is 2. The zero-order chi connectivity index (χ0) is 20.1. The van der Waals surface area contributed by atoms with E-state index in [4.69, 9.17) is 21.1 Å². The molecule has 6 nitrogen and oxygen atoms in total. The van der Waals surface area contributed by atoms with Crippen LogP contribution in [0.3, 0.4) is 0 Å². The maximum Gasteiger partial charge on any atom is 0.340 e. The van der Waals surface area contributed by atoms with Crippen LogP contribution in [0, 0.1) is 0 Å². The van der Waals surface area contributed by atoms with Crippen LogP contribution in [0.2, 0.25) is 5.02 Å². The van der Waals surface area contributed by atoms with Crippen molar-refractivity contribution in [2.75, 3.05) is 44.8 Å². The minimum Gasteiger partial charge on any atom is -0.497 e. The van der Waals surface area contributed by atoms with Crippen LogP contribution in [-0.2, 0) is 9.53 Å². The van der Waals surface area contributed by atoms with Crippen molar-refractivity contribution < 1.29 is 19.1 Å². The summed E-state index contributed by atoms with van der Waals surface area (Å²) in [5.41, 5.74) is 1.32. The van der Waals surface area contributed by atoms with Crippen LogP contribution < -0.4 is 9.64 Å². The molecule has 2 aromatic carbocycles. The van der Waals surface area contributed by atoms with E-state index < -0.39 is 5.97 Å². The highest BCUT2D eigenvalue weighted by Gasteiger charge is 2.23. The molecule has 0 aliphatic carbocycles. The zero-order valence-corrected chi connectivity index (χ0v) is 17.7. The molecule has 0 saturated carbocycles. The van der Waals surface area contributed by atoms with Gasteiger partial charge in [-0.3, -0.25) is 4.79 Å². The molecule has 2 aromatic rings. The van der Waals surface area contributed by atoms with E-state index in [0.29, 0.717) is 30.7 Å². The Morgan fingerprint density at radius 2 is 1.75 bits per heavy atom. The minimum atomic E-state index is -0.614. The molecule has 28 heavy (non-hydrogen) atoms. The number of methoxy groups -OCH3 is 1. The summed E-state index contributed by atoms with van der Waals surface area (Å²) in [5.74, 6) is -0.0182. The molecule has 1 saturated heterocycles. The molecule has 0 atom stereocenters. The van der Waals surface area contributed by atoms with E-state index in [-0.39, 0.29) is 23.1 Å². The molecule has 0 aromatic heterocycles. The van der Waals surface area contributed by atoms with Crippen LogP contribution in [0.4, 0.5) is 5.69 Å². The molecule has 1 aliphatic heterocycles. The first-order valence-electron chi connectivity index (χ1n) is 8.77. The Labute approximate surface area is 177 Å². The van der Waals surface area contributed by atoms with Gasteiger partial charge in [0.1, 0.15) is 5.75 Å². The number of benzene rings is 2. The fraction of sp³-hybridized carbons (Fsp3) is 0.300. The van der Waals surface area contributed by atoms with E-state index in [9.17, 15) is 9.59 Å². The summed E-state index contributed by atoms with van der Waals surface area (Å²) < 4.78 is 11.0. The second-order valence-electron chi connectivity index (χ2n) is 6.27. The average molecular weight is 468 g/mol. The summed E-state index contributed by atoms with van der Waals surface area (Å²) in [6.07, 6.45) is 0. The van der Waals surface area contributed by atoms with Gasteiger partial charge in [0.25, 0.3) is 5.91 Å². The molecule has 0 N–H and O–H groups in total. The van der Waals surface area contributed by atoms with E-state index in [0.717, 1.165) is 11.4 Å². The third kappa shape index (κ3) is 4.97. The lowest BCUT2D eigenvalue weighted by molar-refractivity contribution is -0.134. The molecule has 8 heteroatoms. The summed E-state index contributed by atoms with van der Waals surface area (Å²) in [4.78, 5) is 28.5. The SMILES string of the molecule is COc1ccc(N2CCN(C(=O)COC(=O)c3cc(Br)ccc3Cl)CC2)cc1. The molecule has 148 valence electrons. The molecule has 1 aliphatic rings. The average Bonchev–Trinajstić information content (AvgIpc) is 2.73. The van der Waals surface area contributed by atoms with Gasteiger partial charge in [0.05, 0.1) is 17.7 Å². The number of piperazine rings is 1.